The van der Waals surface area contributed by atoms with E-state index in [0.29, 0.717) is 0 Å². The molecule has 0 saturated heterocycles. The Labute approximate surface area is 236 Å². The Morgan fingerprint density at radius 3 is 0.857 bits per heavy atom. The SMILES string of the molecule is CCCCCCCCC=CCCCCCCCC[O-].CCCC[O-].CCCC[O-].CCCC[O-].[Ti+4]. The molecule has 210 valence electrons. The van der Waals surface area contributed by atoms with E-state index in [-0.39, 0.29) is 48.1 Å². The van der Waals surface area contributed by atoms with Crippen molar-refractivity contribution in [2.75, 3.05) is 26.4 Å². The van der Waals surface area contributed by atoms with Crippen molar-refractivity contribution in [2.24, 2.45) is 0 Å². The predicted molar refractivity (Wildman–Crippen MR) is 144 cm³/mol. The van der Waals surface area contributed by atoms with Crippen LogP contribution in [0.2, 0.25) is 0 Å². The summed E-state index contributed by atoms with van der Waals surface area (Å²) in [7, 11) is 0. The first-order valence-electron chi connectivity index (χ1n) is 14.6. The minimum absolute atomic E-state index is 0. The van der Waals surface area contributed by atoms with Gasteiger partial charge in [-0.25, -0.2) is 0 Å². The molecular weight excluding hydrogens is 472 g/mol. The zero-order chi connectivity index (χ0) is 26.4. The van der Waals surface area contributed by atoms with Crippen molar-refractivity contribution in [3.05, 3.63) is 12.2 Å². The van der Waals surface area contributed by atoms with E-state index < -0.39 is 0 Å². The van der Waals surface area contributed by atoms with Gasteiger partial charge in [-0.05, 0) is 25.7 Å². The summed E-state index contributed by atoms with van der Waals surface area (Å²) < 4.78 is 0. The van der Waals surface area contributed by atoms with E-state index in [9.17, 15) is 20.4 Å². The van der Waals surface area contributed by atoms with Crippen LogP contribution in [0.4, 0.5) is 0 Å². The molecule has 0 aromatic heterocycles. The van der Waals surface area contributed by atoms with Crippen molar-refractivity contribution in [1.29, 1.82) is 0 Å². The van der Waals surface area contributed by atoms with Crippen LogP contribution in [0.15, 0.2) is 12.2 Å². The number of allylic oxidation sites excluding steroid dienone is 2. The molecule has 0 spiro atoms. The molecule has 0 rings (SSSR count). The third-order valence-electron chi connectivity index (χ3n) is 5.15. The second-order valence-corrected chi connectivity index (χ2v) is 8.81. The van der Waals surface area contributed by atoms with Gasteiger partial charge in [-0.1, -0.05) is 143 Å². The summed E-state index contributed by atoms with van der Waals surface area (Å²) in [5, 5.41) is 38.8. The van der Waals surface area contributed by atoms with E-state index in [0.717, 1.165) is 51.4 Å². The van der Waals surface area contributed by atoms with Crippen LogP contribution in [0.1, 0.15) is 156 Å². The third-order valence-corrected chi connectivity index (χ3v) is 5.15. The normalized spacial score (nSPS) is 9.83. The Balaban J connectivity index is -0.000000152. The number of unbranched alkanes of at least 4 members (excludes halogenated alkanes) is 15. The minimum Gasteiger partial charge on any atom is -0.854 e. The standard InChI is InChI=1S/C18H35O.3C4H9O.Ti/c1-2-3-4-5-6-7-8-9-10-11-12-13-14-15-16-17-18-19;3*1-2-3-4-5;/h9-10H,2-8,11-18H2,1H3;3*2-4H2,1H3;/q4*-1;+4. The molecule has 0 aliphatic heterocycles. The molecule has 0 atom stereocenters. The first-order valence-corrected chi connectivity index (χ1v) is 14.6. The molecule has 0 aromatic carbocycles. The number of hydrogen-bond donors (Lipinski definition) is 0. The Morgan fingerprint density at radius 2 is 0.600 bits per heavy atom. The van der Waals surface area contributed by atoms with Gasteiger partial charge in [0.15, 0.2) is 0 Å². The fraction of sp³-hybridized carbons (Fsp3) is 0.933. The molecule has 0 radical (unpaired) electrons. The quantitative estimate of drug-likeness (QED) is 0.105. The monoisotopic (exact) mass is 534 g/mol. The fourth-order valence-electron chi connectivity index (χ4n) is 2.78. The van der Waals surface area contributed by atoms with Gasteiger partial charge in [-0.2, -0.15) is 0 Å². The molecule has 4 nitrogen and oxygen atoms in total. The Morgan fingerprint density at radius 1 is 0.343 bits per heavy atom. The molecule has 0 aliphatic rings. The summed E-state index contributed by atoms with van der Waals surface area (Å²) >= 11 is 0. The molecule has 5 heteroatoms. The summed E-state index contributed by atoms with van der Waals surface area (Å²) in [5.41, 5.74) is 0. The number of rotatable bonds is 21. The molecule has 0 fully saturated rings. The van der Waals surface area contributed by atoms with Gasteiger partial charge < -0.3 is 20.4 Å². The maximum Gasteiger partial charge on any atom is 4.00 e. The van der Waals surface area contributed by atoms with Crippen LogP contribution < -0.4 is 20.4 Å². The first kappa shape index (κ1) is 45.2. The first-order chi connectivity index (χ1) is 16.7. The second-order valence-electron chi connectivity index (χ2n) is 8.81. The van der Waals surface area contributed by atoms with Gasteiger partial charge in [-0.15, -0.1) is 26.4 Å². The second kappa shape index (κ2) is 55.0. The topological polar surface area (TPSA) is 92.2 Å². The third kappa shape index (κ3) is 72.0. The van der Waals surface area contributed by atoms with Gasteiger partial charge in [0.2, 0.25) is 0 Å². The van der Waals surface area contributed by atoms with Crippen LogP contribution in [0.25, 0.3) is 0 Å². The predicted octanol–water partition coefficient (Wildman–Crippen LogP) is 5.82. The van der Waals surface area contributed by atoms with E-state index in [1.54, 1.807) is 0 Å². The van der Waals surface area contributed by atoms with Gasteiger partial charge in [0.05, 0.1) is 0 Å². The van der Waals surface area contributed by atoms with Crippen molar-refractivity contribution in [3.8, 4) is 0 Å². The summed E-state index contributed by atoms with van der Waals surface area (Å²) in [6.07, 6.45) is 28.5. The van der Waals surface area contributed by atoms with Crippen molar-refractivity contribution < 1.29 is 42.1 Å². The zero-order valence-electron chi connectivity index (χ0n) is 24.3. The maximum absolute atomic E-state index is 10.3. The minimum atomic E-state index is 0. The van der Waals surface area contributed by atoms with Gasteiger partial charge >= 0.3 is 21.7 Å². The van der Waals surface area contributed by atoms with Crippen molar-refractivity contribution >= 4 is 0 Å². The molecule has 0 aromatic rings. The molecule has 0 unspecified atom stereocenters. The van der Waals surface area contributed by atoms with Gasteiger partial charge in [0, 0.05) is 0 Å². The maximum atomic E-state index is 10.3. The van der Waals surface area contributed by atoms with Gasteiger partial charge in [-0.3, -0.25) is 0 Å². The van der Waals surface area contributed by atoms with E-state index in [4.69, 9.17) is 0 Å². The van der Waals surface area contributed by atoms with Crippen molar-refractivity contribution in [2.45, 2.75) is 156 Å². The summed E-state index contributed by atoms with van der Waals surface area (Å²) in [5.74, 6) is 0. The molecule has 0 saturated carbocycles. The molecule has 35 heavy (non-hydrogen) atoms. The Bertz CT molecular complexity index is 282. The van der Waals surface area contributed by atoms with Crippen LogP contribution in [0.5, 0.6) is 0 Å². The van der Waals surface area contributed by atoms with Crippen LogP contribution in [0.3, 0.4) is 0 Å². The molecular formula is C30H62O4Ti. The molecule has 0 aliphatic carbocycles. The van der Waals surface area contributed by atoms with Crippen LogP contribution >= 0.6 is 0 Å². The zero-order valence-corrected chi connectivity index (χ0v) is 25.8. The molecule has 0 amide bonds. The molecule has 0 bridgehead atoms. The summed E-state index contributed by atoms with van der Waals surface area (Å²) in [6, 6.07) is 0. The molecule has 0 heterocycles. The largest absolute Gasteiger partial charge is 4.00 e. The number of hydrogen-bond acceptors (Lipinski definition) is 4. The Kier molecular flexibility index (Phi) is 71.1. The average molecular weight is 535 g/mol. The van der Waals surface area contributed by atoms with Gasteiger partial charge in [0.25, 0.3) is 0 Å². The van der Waals surface area contributed by atoms with Gasteiger partial charge in [0.1, 0.15) is 0 Å². The van der Waals surface area contributed by atoms with E-state index in [1.807, 2.05) is 20.8 Å². The van der Waals surface area contributed by atoms with Crippen LogP contribution in [-0.2, 0) is 21.7 Å². The van der Waals surface area contributed by atoms with Crippen LogP contribution in [-0.4, -0.2) is 26.4 Å². The fourth-order valence-corrected chi connectivity index (χ4v) is 2.78. The van der Waals surface area contributed by atoms with Crippen LogP contribution in [0, 0.1) is 0 Å². The summed E-state index contributed by atoms with van der Waals surface area (Å²) in [6.45, 7) is 8.70. The smallest absolute Gasteiger partial charge is 0.854 e. The van der Waals surface area contributed by atoms with E-state index in [2.05, 4.69) is 19.1 Å². The van der Waals surface area contributed by atoms with E-state index in [1.165, 1.54) is 77.0 Å². The molecule has 0 N–H and O–H groups in total. The van der Waals surface area contributed by atoms with Crippen molar-refractivity contribution in [1.82, 2.24) is 0 Å². The van der Waals surface area contributed by atoms with Crippen molar-refractivity contribution in [3.63, 3.8) is 0 Å². The summed E-state index contributed by atoms with van der Waals surface area (Å²) in [4.78, 5) is 0. The average Bonchev–Trinajstić information content (AvgIpc) is 2.84. The Hall–Kier alpha value is 0.294. The van der Waals surface area contributed by atoms with E-state index >= 15 is 0 Å².